The SMILES string of the molecule is CCCC[C@H](N)C(=O)N[C@@H](CCNC(=O)OC(C)(C)C)C(=O)N[C@H]1CCNC(=O)[C@H]([C@@H](C)O)NC(=O)[C@H](CCNC(=O)OC(C)(C)C)NC(=O)[C@H](CCNC(=O)OC(C)(C)C)NC(=O)[C@H](CC(C)C)NC(=O)[C@@H](Cc2ccccc2)NC(=O)[C@H](CCNC(=O)OC(C)(C)C)NC1=O. The van der Waals surface area contributed by atoms with Crippen LogP contribution in [0.5, 0.6) is 0 Å². The molecule has 2 rings (SSSR count). The van der Waals surface area contributed by atoms with Crippen LogP contribution in [-0.4, -0.2) is 198 Å². The second kappa shape index (κ2) is 40.2. The van der Waals surface area contributed by atoms with Crippen LogP contribution in [0.1, 0.15) is 174 Å². The average Bonchev–Trinajstić information content (AvgIpc) is 1.12. The molecule has 0 aliphatic carbocycles. The topological polar surface area (TPSA) is 461 Å². The minimum absolute atomic E-state index is 0.0726. The molecule has 0 unspecified atom stereocenters. The van der Waals surface area contributed by atoms with E-state index in [1.165, 1.54) is 0 Å². The van der Waals surface area contributed by atoms with Crippen LogP contribution in [0, 0.1) is 5.92 Å². The van der Waals surface area contributed by atoms with Gasteiger partial charge in [-0.15, -0.1) is 0 Å². The molecule has 0 aromatic heterocycles. The number of unbranched alkanes of at least 4 members (excludes halogenated alkanes) is 1. The Morgan fingerprint density at radius 3 is 1.34 bits per heavy atom. The summed E-state index contributed by atoms with van der Waals surface area (Å²) in [6.07, 6.45) is -6.02. The molecule has 1 aliphatic heterocycles. The normalized spacial score (nSPS) is 20.9. The van der Waals surface area contributed by atoms with Gasteiger partial charge in [0.2, 0.25) is 53.2 Å². The summed E-state index contributed by atoms with van der Waals surface area (Å²) in [5.74, 6) is -9.26. The first-order valence-electron chi connectivity index (χ1n) is 33.0. The lowest BCUT2D eigenvalue weighted by molar-refractivity contribution is -0.136. The van der Waals surface area contributed by atoms with E-state index in [0.29, 0.717) is 18.4 Å². The van der Waals surface area contributed by atoms with Crippen LogP contribution < -0.4 is 74.9 Å². The van der Waals surface area contributed by atoms with Crippen molar-refractivity contribution in [1.29, 1.82) is 0 Å². The predicted octanol–water partition coefficient (Wildman–Crippen LogP) is 1.23. The molecule has 16 N–H and O–H groups in total. The monoisotopic (exact) mass is 1370 g/mol. The number of aliphatic hydroxyl groups excluding tert-OH is 1. The summed E-state index contributed by atoms with van der Waals surface area (Å²) in [7, 11) is 0. The van der Waals surface area contributed by atoms with E-state index < -0.39 is 186 Å². The summed E-state index contributed by atoms with van der Waals surface area (Å²) in [4.78, 5) is 183. The zero-order chi connectivity index (χ0) is 73.6. The summed E-state index contributed by atoms with van der Waals surface area (Å²) in [5, 5.41) is 44.6. The van der Waals surface area contributed by atoms with E-state index in [2.05, 4.69) is 69.1 Å². The van der Waals surface area contributed by atoms with Crippen molar-refractivity contribution in [2.24, 2.45) is 11.7 Å². The van der Waals surface area contributed by atoms with Crippen LogP contribution in [0.2, 0.25) is 0 Å². The van der Waals surface area contributed by atoms with Crippen molar-refractivity contribution >= 4 is 77.5 Å². The highest BCUT2D eigenvalue weighted by Gasteiger charge is 2.37. The molecule has 0 radical (unpaired) electrons. The van der Waals surface area contributed by atoms with Crippen molar-refractivity contribution in [3.05, 3.63) is 35.9 Å². The number of hydrogen-bond donors (Lipinski definition) is 15. The zero-order valence-corrected chi connectivity index (χ0v) is 59.3. The summed E-state index contributed by atoms with van der Waals surface area (Å²) in [6.45, 7) is 24.2. The van der Waals surface area contributed by atoms with E-state index >= 15 is 4.79 Å². The maximum absolute atomic E-state index is 15.0. The second-order valence-corrected chi connectivity index (χ2v) is 28.2. The zero-order valence-electron chi connectivity index (χ0n) is 59.3. The summed E-state index contributed by atoms with van der Waals surface area (Å²) in [5.41, 5.74) is 2.99. The summed E-state index contributed by atoms with van der Waals surface area (Å²) >= 11 is 0. The first-order chi connectivity index (χ1) is 45.0. The standard InChI is InChI=1S/C65H110N14O18/c1-17-18-24-40(66)49(81)72-41(26-31-68-58(90)94-62(5,6)7)50(82)73-42-25-30-67-57(89)48(38(4)80)79-54(86)45(29-34-71-61(93)97-65(14,15)16)75-52(84)43(27-32-69-59(91)95-63(8,9)10)76-55(87)46(35-37(2)3)77-56(88)47(36-39-22-20-19-21-23-39)78-53(85)44(74-51(42)83)28-33-70-60(92)96-64(11,12)13/h19-23,37-38,40-48,80H,17-18,24-36,66H2,1-16H3,(H,67,89)(H,68,90)(H,69,91)(H,70,92)(H,71,93)(H,72,81)(H,73,82)(H,74,83)(H,75,84)(H,76,87)(H,77,88)(H,78,85)(H,79,86)/t38-,40+,41+,42+,43+,44+,45+,46+,47-,48+/m1/s1. The Balaban J connectivity index is 3.03. The number of carbonyl (C=O) groups is 13. The Hall–Kier alpha value is -8.55. The smallest absolute Gasteiger partial charge is 0.407 e. The van der Waals surface area contributed by atoms with Gasteiger partial charge in [-0.25, -0.2) is 19.2 Å². The molecule has 0 saturated carbocycles. The van der Waals surface area contributed by atoms with E-state index in [9.17, 15) is 62.6 Å². The fraction of sp³-hybridized carbons (Fsp3) is 0.708. The highest BCUT2D eigenvalue weighted by molar-refractivity contribution is 5.98. The van der Waals surface area contributed by atoms with Gasteiger partial charge in [0.15, 0.2) is 0 Å². The molecule has 32 heteroatoms. The second-order valence-electron chi connectivity index (χ2n) is 28.2. The van der Waals surface area contributed by atoms with Gasteiger partial charge in [-0.3, -0.25) is 43.2 Å². The van der Waals surface area contributed by atoms with E-state index in [-0.39, 0.29) is 64.2 Å². The third-order valence-electron chi connectivity index (χ3n) is 13.8. The van der Waals surface area contributed by atoms with Crippen LogP contribution in [0.25, 0.3) is 0 Å². The molecule has 0 spiro atoms. The van der Waals surface area contributed by atoms with Crippen LogP contribution in [0.4, 0.5) is 19.2 Å². The molecule has 1 aromatic rings. The van der Waals surface area contributed by atoms with Gasteiger partial charge in [-0.1, -0.05) is 63.9 Å². The molecule has 1 heterocycles. The quantitative estimate of drug-likeness (QED) is 0.0647. The van der Waals surface area contributed by atoms with Crippen LogP contribution in [0.3, 0.4) is 0 Å². The van der Waals surface area contributed by atoms with Gasteiger partial charge >= 0.3 is 24.4 Å². The minimum atomic E-state index is -1.83. The lowest BCUT2D eigenvalue weighted by Crippen LogP contribution is -2.61. The molecule has 13 amide bonds. The predicted molar refractivity (Wildman–Crippen MR) is 357 cm³/mol. The van der Waals surface area contributed by atoms with Gasteiger partial charge in [-0.2, -0.15) is 0 Å². The Labute approximate surface area is 569 Å². The van der Waals surface area contributed by atoms with E-state index in [4.69, 9.17) is 24.7 Å². The van der Waals surface area contributed by atoms with Gasteiger partial charge in [-0.05, 0) is 146 Å². The molecule has 548 valence electrons. The largest absolute Gasteiger partial charge is 0.444 e. The van der Waals surface area contributed by atoms with E-state index in [0.717, 1.165) is 6.92 Å². The van der Waals surface area contributed by atoms with E-state index in [1.54, 1.807) is 127 Å². The van der Waals surface area contributed by atoms with Crippen molar-refractivity contribution in [3.8, 4) is 0 Å². The number of aliphatic hydroxyl groups is 1. The van der Waals surface area contributed by atoms with Gasteiger partial charge in [0.25, 0.3) is 0 Å². The van der Waals surface area contributed by atoms with Crippen LogP contribution >= 0.6 is 0 Å². The first kappa shape index (κ1) is 84.5. The molecule has 1 aromatic carbocycles. The number of ether oxygens (including phenoxy) is 4. The van der Waals surface area contributed by atoms with Crippen molar-refractivity contribution in [2.45, 2.75) is 258 Å². The average molecular weight is 1380 g/mol. The third kappa shape index (κ3) is 35.9. The Bertz CT molecular complexity index is 2800. The van der Waals surface area contributed by atoms with Crippen LogP contribution in [-0.2, 0) is 68.5 Å². The molecule has 32 nitrogen and oxygen atoms in total. The van der Waals surface area contributed by atoms with Crippen molar-refractivity contribution in [2.75, 3.05) is 32.7 Å². The molecule has 0 bridgehead atoms. The van der Waals surface area contributed by atoms with Gasteiger partial charge < -0.3 is 98.9 Å². The number of alkyl carbamates (subject to hydrolysis) is 4. The maximum Gasteiger partial charge on any atom is 0.407 e. The summed E-state index contributed by atoms with van der Waals surface area (Å²) in [6, 6.07) is -5.76. The number of amides is 13. The maximum atomic E-state index is 15.0. The van der Waals surface area contributed by atoms with Crippen molar-refractivity contribution in [1.82, 2.24) is 69.1 Å². The van der Waals surface area contributed by atoms with Crippen LogP contribution in [0.15, 0.2) is 30.3 Å². The van der Waals surface area contributed by atoms with Crippen molar-refractivity contribution in [3.63, 3.8) is 0 Å². The van der Waals surface area contributed by atoms with Crippen molar-refractivity contribution < 1.29 is 86.4 Å². The lowest BCUT2D eigenvalue weighted by atomic mass is 10.00. The third-order valence-corrected chi connectivity index (χ3v) is 13.8. The highest BCUT2D eigenvalue weighted by Crippen LogP contribution is 2.14. The number of benzene rings is 1. The summed E-state index contributed by atoms with van der Waals surface area (Å²) < 4.78 is 21.5. The molecule has 1 fully saturated rings. The Kier molecular flexibility index (Phi) is 35.1. The molecular weight excluding hydrogens is 1260 g/mol. The fourth-order valence-corrected chi connectivity index (χ4v) is 9.21. The first-order valence-corrected chi connectivity index (χ1v) is 33.0. The molecule has 97 heavy (non-hydrogen) atoms. The fourth-order valence-electron chi connectivity index (χ4n) is 9.21. The van der Waals surface area contributed by atoms with Gasteiger partial charge in [0.05, 0.1) is 12.1 Å². The highest BCUT2D eigenvalue weighted by atomic mass is 16.6. The van der Waals surface area contributed by atoms with Gasteiger partial charge in [0, 0.05) is 39.1 Å². The molecule has 1 saturated heterocycles. The number of nitrogens with one attached hydrogen (secondary N) is 13. The van der Waals surface area contributed by atoms with E-state index in [1.807, 2.05) is 6.92 Å². The minimum Gasteiger partial charge on any atom is -0.444 e. The lowest BCUT2D eigenvalue weighted by Gasteiger charge is -2.29. The Morgan fingerprint density at radius 2 is 0.918 bits per heavy atom. The Morgan fingerprint density at radius 1 is 0.526 bits per heavy atom. The number of carbonyl (C=O) groups excluding carboxylic acids is 13. The number of hydrogen-bond acceptors (Lipinski definition) is 19. The molecule has 1 aliphatic rings. The van der Waals surface area contributed by atoms with Gasteiger partial charge in [0.1, 0.15) is 70.7 Å². The molecular formula is C65H110N14O18. The molecule has 10 atom stereocenters. The number of nitrogens with two attached hydrogens (primary N) is 1. The number of rotatable bonds is 24.